The van der Waals surface area contributed by atoms with Gasteiger partial charge in [0.25, 0.3) is 0 Å². The molecule has 0 fully saturated rings. The number of aromatic nitrogens is 6. The lowest BCUT2D eigenvalue weighted by Gasteiger charge is -2.22. The van der Waals surface area contributed by atoms with Crippen molar-refractivity contribution >= 4 is 11.9 Å². The van der Waals surface area contributed by atoms with Gasteiger partial charge in [-0.3, -0.25) is 9.78 Å². The number of nitriles is 1. The van der Waals surface area contributed by atoms with E-state index in [4.69, 9.17) is 19.7 Å². The van der Waals surface area contributed by atoms with Crippen molar-refractivity contribution in [3.8, 4) is 28.7 Å². The highest BCUT2D eigenvalue weighted by molar-refractivity contribution is 5.69. The van der Waals surface area contributed by atoms with E-state index in [-0.39, 0.29) is 12.5 Å². The second kappa shape index (κ2) is 12.4. The van der Waals surface area contributed by atoms with Crippen LogP contribution in [0.1, 0.15) is 50.6 Å². The van der Waals surface area contributed by atoms with Gasteiger partial charge in [0.2, 0.25) is 5.95 Å². The highest BCUT2D eigenvalue weighted by atomic mass is 16.5. The van der Waals surface area contributed by atoms with E-state index in [9.17, 15) is 15.2 Å². The molecule has 0 amide bonds. The summed E-state index contributed by atoms with van der Waals surface area (Å²) < 4.78 is 6.98. The number of nitrogens with one attached hydrogen (secondary N) is 1. The Morgan fingerprint density at radius 3 is 2.62 bits per heavy atom. The largest absolute Gasteiger partial charge is 0.481 e. The molecule has 0 aliphatic carbocycles. The van der Waals surface area contributed by atoms with Crippen LogP contribution >= 0.6 is 0 Å². The molecule has 4 rings (SSSR count). The fourth-order valence-electron chi connectivity index (χ4n) is 4.26. The summed E-state index contributed by atoms with van der Waals surface area (Å²) in [5.74, 6) is -0.452. The third-order valence-corrected chi connectivity index (χ3v) is 6.43. The summed E-state index contributed by atoms with van der Waals surface area (Å²) in [4.78, 5) is 25.4. The van der Waals surface area contributed by atoms with Crippen LogP contribution in [0.25, 0.3) is 22.6 Å². The first kappa shape index (κ1) is 28.3. The monoisotopic (exact) mass is 540 g/mol. The van der Waals surface area contributed by atoms with Gasteiger partial charge in [-0.25, -0.2) is 14.6 Å². The van der Waals surface area contributed by atoms with Crippen LogP contribution in [0.5, 0.6) is 0 Å². The maximum Gasteiger partial charge on any atom is 0.304 e. The molecular weight excluding hydrogens is 508 g/mol. The minimum atomic E-state index is -0.872. The van der Waals surface area contributed by atoms with Crippen molar-refractivity contribution in [2.75, 3.05) is 19.0 Å². The number of carbonyl (C=O) groups is 1. The molecule has 206 valence electrons. The van der Waals surface area contributed by atoms with E-state index in [1.54, 1.807) is 30.1 Å². The smallest absolute Gasteiger partial charge is 0.304 e. The number of carboxylic acid groups (broad SMARTS) is 1. The van der Waals surface area contributed by atoms with E-state index in [1.165, 1.54) is 0 Å². The zero-order valence-electron chi connectivity index (χ0n) is 23.0. The molecule has 11 heteroatoms. The van der Waals surface area contributed by atoms with E-state index in [0.717, 1.165) is 17.7 Å². The number of nitrogens with zero attached hydrogens (tertiary/aromatic N) is 7. The number of pyridine rings is 1. The lowest BCUT2D eigenvalue weighted by atomic mass is 9.85. The number of aliphatic carboxylic acids is 1. The van der Waals surface area contributed by atoms with E-state index in [2.05, 4.69) is 28.6 Å². The van der Waals surface area contributed by atoms with Crippen LogP contribution in [0.15, 0.2) is 54.7 Å². The van der Waals surface area contributed by atoms with Crippen LogP contribution in [0.4, 0.5) is 5.95 Å². The van der Waals surface area contributed by atoms with Crippen LogP contribution in [0.3, 0.4) is 0 Å². The van der Waals surface area contributed by atoms with Crippen LogP contribution < -0.4 is 5.32 Å². The molecule has 4 aromatic rings. The lowest BCUT2D eigenvalue weighted by Crippen LogP contribution is -2.25. The van der Waals surface area contributed by atoms with Gasteiger partial charge in [-0.1, -0.05) is 44.2 Å². The summed E-state index contributed by atoms with van der Waals surface area (Å²) in [5, 5.41) is 30.6. The van der Waals surface area contributed by atoms with E-state index in [0.29, 0.717) is 47.4 Å². The Morgan fingerprint density at radius 2 is 1.90 bits per heavy atom. The van der Waals surface area contributed by atoms with Crippen molar-refractivity contribution in [1.82, 2.24) is 29.9 Å². The zero-order chi connectivity index (χ0) is 28.7. The Balaban J connectivity index is 1.65. The van der Waals surface area contributed by atoms with Crippen molar-refractivity contribution < 1.29 is 14.6 Å². The molecule has 0 spiro atoms. The number of hydrogen-bond donors (Lipinski definition) is 2. The summed E-state index contributed by atoms with van der Waals surface area (Å²) in [6.07, 6.45) is 2.57. The van der Waals surface area contributed by atoms with Gasteiger partial charge in [0, 0.05) is 23.8 Å². The Morgan fingerprint density at radius 1 is 1.12 bits per heavy atom. The van der Waals surface area contributed by atoms with Crippen molar-refractivity contribution in [1.29, 1.82) is 5.26 Å². The topological polar surface area (TPSA) is 152 Å². The van der Waals surface area contributed by atoms with Crippen molar-refractivity contribution in [2.24, 2.45) is 0 Å². The second-order valence-corrected chi connectivity index (χ2v) is 10.1. The Bertz CT molecular complexity index is 1530. The number of carboxylic acids is 1. The predicted molar refractivity (Wildman–Crippen MR) is 149 cm³/mol. The number of anilines is 1. The fourth-order valence-corrected chi connectivity index (χ4v) is 4.26. The first-order valence-corrected chi connectivity index (χ1v) is 12.9. The van der Waals surface area contributed by atoms with Crippen LogP contribution in [0.2, 0.25) is 0 Å². The van der Waals surface area contributed by atoms with Gasteiger partial charge in [-0.2, -0.15) is 5.26 Å². The average molecular weight is 541 g/mol. The predicted octanol–water partition coefficient (Wildman–Crippen LogP) is 4.31. The Hall–Kier alpha value is -4.69. The standard InChI is InChI=1S/C29H32N8O3/c1-5-21(18-40-4)32-28-33-23(20-9-6-8-19(12-20)15-30)13-24(34-28)25-17-37(36-35-25)16-22-10-7-11-26(31-22)29(2,3)14-27(38)39/h6-13,17,21H,5,14,16,18H2,1-4H3,(H,38,39)(H,32,33,34)/t21-/m0/s1. The molecule has 3 heterocycles. The molecule has 0 saturated heterocycles. The van der Waals surface area contributed by atoms with Gasteiger partial charge in [0.05, 0.1) is 60.5 Å². The summed E-state index contributed by atoms with van der Waals surface area (Å²) in [7, 11) is 1.65. The third kappa shape index (κ3) is 7.03. The molecule has 1 atom stereocenters. The zero-order valence-corrected chi connectivity index (χ0v) is 23.0. The molecule has 0 unspecified atom stereocenters. The molecule has 0 aliphatic rings. The van der Waals surface area contributed by atoms with Gasteiger partial charge >= 0.3 is 5.97 Å². The number of hydrogen-bond acceptors (Lipinski definition) is 9. The molecule has 3 aromatic heterocycles. The Labute approximate surface area is 232 Å². The Kier molecular flexibility index (Phi) is 8.81. The molecule has 0 bridgehead atoms. The lowest BCUT2D eigenvalue weighted by molar-refractivity contribution is -0.138. The molecule has 0 saturated carbocycles. The highest BCUT2D eigenvalue weighted by Crippen LogP contribution is 2.27. The molecule has 40 heavy (non-hydrogen) atoms. The van der Waals surface area contributed by atoms with E-state index < -0.39 is 11.4 Å². The van der Waals surface area contributed by atoms with Gasteiger partial charge in [0.1, 0.15) is 5.69 Å². The normalized spacial score (nSPS) is 12.1. The number of benzene rings is 1. The van der Waals surface area contributed by atoms with Crippen molar-refractivity contribution in [3.63, 3.8) is 0 Å². The molecule has 2 N–H and O–H groups in total. The minimum absolute atomic E-state index is 0.0120. The van der Waals surface area contributed by atoms with Gasteiger partial charge in [-0.15, -0.1) is 5.10 Å². The highest BCUT2D eigenvalue weighted by Gasteiger charge is 2.26. The SMILES string of the molecule is CC[C@@H](COC)Nc1nc(-c2cccc(C#N)c2)cc(-c2cn(Cc3cccc(C(C)(C)CC(=O)O)n3)nn2)n1. The maximum absolute atomic E-state index is 11.3. The van der Waals surface area contributed by atoms with Crippen molar-refractivity contribution in [3.05, 3.63) is 71.7 Å². The minimum Gasteiger partial charge on any atom is -0.481 e. The molecule has 0 radical (unpaired) electrons. The van der Waals surface area contributed by atoms with Crippen molar-refractivity contribution in [2.45, 2.75) is 51.6 Å². The summed E-state index contributed by atoms with van der Waals surface area (Å²) in [6, 6.07) is 16.8. The fraction of sp³-hybridized carbons (Fsp3) is 0.345. The van der Waals surface area contributed by atoms with Crippen LogP contribution in [-0.4, -0.2) is 60.8 Å². The summed E-state index contributed by atoms with van der Waals surface area (Å²) >= 11 is 0. The quantitative estimate of drug-likeness (QED) is 0.266. The van der Waals surface area contributed by atoms with Crippen LogP contribution in [-0.2, 0) is 21.5 Å². The van der Waals surface area contributed by atoms with E-state index >= 15 is 0 Å². The molecule has 11 nitrogen and oxygen atoms in total. The average Bonchev–Trinajstić information content (AvgIpc) is 3.40. The molecular formula is C29H32N8O3. The van der Waals surface area contributed by atoms with E-state index in [1.807, 2.05) is 50.2 Å². The molecule has 1 aromatic carbocycles. The third-order valence-electron chi connectivity index (χ3n) is 6.43. The molecule has 0 aliphatic heterocycles. The number of methoxy groups -OCH3 is 1. The van der Waals surface area contributed by atoms with Crippen LogP contribution in [0, 0.1) is 11.3 Å². The van der Waals surface area contributed by atoms with Gasteiger partial charge in [-0.05, 0) is 36.8 Å². The maximum atomic E-state index is 11.3. The number of rotatable bonds is 12. The number of ether oxygens (including phenoxy) is 1. The van der Waals surface area contributed by atoms with Gasteiger partial charge in [0.15, 0.2) is 0 Å². The summed E-state index contributed by atoms with van der Waals surface area (Å²) in [5.41, 5.74) is 3.89. The second-order valence-electron chi connectivity index (χ2n) is 10.1. The summed E-state index contributed by atoms with van der Waals surface area (Å²) in [6.45, 7) is 6.62. The first-order valence-electron chi connectivity index (χ1n) is 12.9. The first-order chi connectivity index (χ1) is 19.2. The van der Waals surface area contributed by atoms with Gasteiger partial charge < -0.3 is 15.2 Å².